The molecule has 0 aliphatic carbocycles. The van der Waals surface area contributed by atoms with Crippen molar-refractivity contribution in [3.63, 3.8) is 0 Å². The molecule has 1 aliphatic heterocycles. The molecule has 1 aliphatic rings. The predicted molar refractivity (Wildman–Crippen MR) is 70.9 cm³/mol. The minimum atomic E-state index is -0.827. The Labute approximate surface area is 118 Å². The molecule has 20 heavy (non-hydrogen) atoms. The van der Waals surface area contributed by atoms with Crippen molar-refractivity contribution in [2.45, 2.75) is 52.7 Å². The molecule has 1 fully saturated rings. The van der Waals surface area contributed by atoms with Gasteiger partial charge in [-0.2, -0.15) is 0 Å². The lowest BCUT2D eigenvalue weighted by Crippen LogP contribution is -2.35. The molecule has 0 saturated carbocycles. The molecular formula is C13H22N4O3. The fourth-order valence-electron chi connectivity index (χ4n) is 2.68. The van der Waals surface area contributed by atoms with Gasteiger partial charge in [0.2, 0.25) is 0 Å². The summed E-state index contributed by atoms with van der Waals surface area (Å²) in [6, 6.07) is 0. The van der Waals surface area contributed by atoms with Crippen LogP contribution in [0.5, 0.6) is 0 Å². The number of tetrazole rings is 1. The molecule has 0 spiro atoms. The van der Waals surface area contributed by atoms with Gasteiger partial charge in [0.05, 0.1) is 12.0 Å². The highest BCUT2D eigenvalue weighted by Crippen LogP contribution is 2.34. The second-order valence-electron chi connectivity index (χ2n) is 5.54. The van der Waals surface area contributed by atoms with Gasteiger partial charge < -0.3 is 9.84 Å². The van der Waals surface area contributed by atoms with Crippen LogP contribution in [0.2, 0.25) is 0 Å². The maximum Gasteiger partial charge on any atom is 0.311 e. The first-order valence-electron chi connectivity index (χ1n) is 7.15. The van der Waals surface area contributed by atoms with Crippen LogP contribution in [0.4, 0.5) is 0 Å². The van der Waals surface area contributed by atoms with Crippen molar-refractivity contribution in [1.82, 2.24) is 20.2 Å². The zero-order valence-electron chi connectivity index (χ0n) is 12.2. The number of carbonyl (C=O) groups is 1. The van der Waals surface area contributed by atoms with Crippen LogP contribution in [0, 0.1) is 11.3 Å². The first kappa shape index (κ1) is 14.9. The maximum atomic E-state index is 11.6. The molecule has 0 aromatic carbocycles. The van der Waals surface area contributed by atoms with Crippen LogP contribution in [0.1, 0.15) is 52.0 Å². The highest BCUT2D eigenvalue weighted by Gasteiger charge is 2.38. The van der Waals surface area contributed by atoms with Crippen LogP contribution in [-0.4, -0.2) is 37.9 Å². The highest BCUT2D eigenvalue weighted by molar-refractivity contribution is 5.74. The zero-order chi connectivity index (χ0) is 14.8. The monoisotopic (exact) mass is 282 g/mol. The van der Waals surface area contributed by atoms with Crippen LogP contribution in [0.3, 0.4) is 0 Å². The van der Waals surface area contributed by atoms with E-state index in [1.54, 1.807) is 4.68 Å². The van der Waals surface area contributed by atoms with E-state index < -0.39 is 11.4 Å². The molecule has 0 bridgehead atoms. The van der Waals surface area contributed by atoms with Crippen LogP contribution < -0.4 is 0 Å². The second-order valence-corrected chi connectivity index (χ2v) is 5.54. The normalized spacial score (nSPS) is 23.1. The summed E-state index contributed by atoms with van der Waals surface area (Å²) in [5, 5.41) is 21.2. The Balaban J connectivity index is 2.26. The van der Waals surface area contributed by atoms with Crippen LogP contribution in [0.15, 0.2) is 0 Å². The average Bonchev–Trinajstić information content (AvgIpc) is 3.04. The number of carboxylic acids is 1. The Bertz CT molecular complexity index is 470. The zero-order valence-corrected chi connectivity index (χ0v) is 12.2. The van der Waals surface area contributed by atoms with Crippen molar-refractivity contribution >= 4 is 5.97 Å². The lowest BCUT2D eigenvalue weighted by atomic mass is 9.82. The Morgan fingerprint density at radius 2 is 2.20 bits per heavy atom. The molecule has 1 N–H and O–H groups in total. The molecule has 1 aromatic rings. The quantitative estimate of drug-likeness (QED) is 0.853. The summed E-state index contributed by atoms with van der Waals surface area (Å²) in [6.45, 7) is 6.85. The summed E-state index contributed by atoms with van der Waals surface area (Å²) in [6.07, 6.45) is 1.92. The Hall–Kier alpha value is -1.50. The molecule has 7 heteroatoms. The first-order valence-corrected chi connectivity index (χ1v) is 7.15. The fourth-order valence-corrected chi connectivity index (χ4v) is 2.68. The van der Waals surface area contributed by atoms with Gasteiger partial charge in [0.25, 0.3) is 0 Å². The van der Waals surface area contributed by atoms with E-state index >= 15 is 0 Å². The fraction of sp³-hybridized carbons (Fsp3) is 0.846. The Kier molecular flexibility index (Phi) is 4.37. The number of hydrogen-bond acceptors (Lipinski definition) is 5. The summed E-state index contributed by atoms with van der Waals surface area (Å²) in [7, 11) is 0. The summed E-state index contributed by atoms with van der Waals surface area (Å²) in [5.41, 5.74) is -0.827. The lowest BCUT2D eigenvalue weighted by Gasteiger charge is -2.27. The average molecular weight is 282 g/mol. The van der Waals surface area contributed by atoms with E-state index in [-0.39, 0.29) is 12.6 Å². The maximum absolute atomic E-state index is 11.6. The van der Waals surface area contributed by atoms with E-state index in [4.69, 9.17) is 4.74 Å². The number of hydrogen-bond donors (Lipinski definition) is 1. The van der Waals surface area contributed by atoms with Crippen molar-refractivity contribution < 1.29 is 14.6 Å². The molecule has 2 heterocycles. The van der Waals surface area contributed by atoms with Crippen molar-refractivity contribution in [3.05, 3.63) is 5.82 Å². The van der Waals surface area contributed by atoms with Gasteiger partial charge in [-0.05, 0) is 35.6 Å². The van der Waals surface area contributed by atoms with Gasteiger partial charge in [-0.1, -0.05) is 20.8 Å². The number of nitrogens with zero attached hydrogens (tertiary/aromatic N) is 4. The Morgan fingerprint density at radius 3 is 2.70 bits per heavy atom. The topological polar surface area (TPSA) is 90.1 Å². The molecule has 1 aromatic heterocycles. The molecule has 7 nitrogen and oxygen atoms in total. The van der Waals surface area contributed by atoms with Gasteiger partial charge in [-0.15, -0.1) is 5.10 Å². The van der Waals surface area contributed by atoms with Gasteiger partial charge in [-0.25, -0.2) is 4.68 Å². The van der Waals surface area contributed by atoms with Crippen molar-refractivity contribution in [2.75, 3.05) is 6.61 Å². The molecular weight excluding hydrogens is 260 g/mol. The van der Waals surface area contributed by atoms with E-state index in [1.807, 2.05) is 13.8 Å². The standard InChI is InChI=1S/C13H22N4O3/c1-4-13(5-2,12(18)19)8-17-11(14-15-16-17)10-9(3)6-7-20-10/h9-10H,4-8H2,1-3H3,(H,18,19). The summed E-state index contributed by atoms with van der Waals surface area (Å²) in [5.74, 6) is 0.189. The number of aliphatic carboxylic acids is 1. The molecule has 2 unspecified atom stereocenters. The minimum Gasteiger partial charge on any atom is -0.481 e. The smallest absolute Gasteiger partial charge is 0.311 e. The largest absolute Gasteiger partial charge is 0.481 e. The molecule has 112 valence electrons. The van der Waals surface area contributed by atoms with Gasteiger partial charge in [-0.3, -0.25) is 4.79 Å². The number of ether oxygens (including phenoxy) is 1. The highest BCUT2D eigenvalue weighted by atomic mass is 16.5. The molecule has 0 amide bonds. The first-order chi connectivity index (χ1) is 9.54. The van der Waals surface area contributed by atoms with Crippen molar-refractivity contribution in [3.8, 4) is 0 Å². The molecule has 1 saturated heterocycles. The SMILES string of the molecule is CCC(CC)(Cn1nnnc1C1OCCC1C)C(=O)O. The van der Waals surface area contributed by atoms with E-state index in [0.29, 0.717) is 31.2 Å². The summed E-state index contributed by atoms with van der Waals surface area (Å²) < 4.78 is 7.29. The Morgan fingerprint density at radius 1 is 1.50 bits per heavy atom. The number of aromatic nitrogens is 4. The van der Waals surface area contributed by atoms with Gasteiger partial charge in [0, 0.05) is 6.61 Å². The van der Waals surface area contributed by atoms with Crippen molar-refractivity contribution in [1.29, 1.82) is 0 Å². The van der Waals surface area contributed by atoms with Gasteiger partial charge in [0.15, 0.2) is 5.82 Å². The van der Waals surface area contributed by atoms with E-state index in [1.165, 1.54) is 0 Å². The third-order valence-corrected chi connectivity index (χ3v) is 4.46. The van der Waals surface area contributed by atoms with Crippen molar-refractivity contribution in [2.24, 2.45) is 11.3 Å². The third-order valence-electron chi connectivity index (χ3n) is 4.46. The summed E-state index contributed by atoms with van der Waals surface area (Å²) >= 11 is 0. The molecule has 0 radical (unpaired) electrons. The van der Waals surface area contributed by atoms with Gasteiger partial charge >= 0.3 is 5.97 Å². The van der Waals surface area contributed by atoms with Crippen LogP contribution in [-0.2, 0) is 16.1 Å². The van der Waals surface area contributed by atoms with Crippen LogP contribution in [0.25, 0.3) is 0 Å². The van der Waals surface area contributed by atoms with E-state index in [0.717, 1.165) is 6.42 Å². The lowest BCUT2D eigenvalue weighted by molar-refractivity contribution is -0.150. The van der Waals surface area contributed by atoms with E-state index in [9.17, 15) is 9.90 Å². The van der Waals surface area contributed by atoms with Crippen LogP contribution >= 0.6 is 0 Å². The third kappa shape index (κ3) is 2.54. The second kappa shape index (κ2) is 5.87. The number of rotatable bonds is 6. The molecule has 2 atom stereocenters. The predicted octanol–water partition coefficient (Wildman–Crippen LogP) is 1.66. The summed E-state index contributed by atoms with van der Waals surface area (Å²) in [4.78, 5) is 11.6. The minimum absolute atomic E-state index is 0.134. The molecule has 2 rings (SSSR count). The van der Waals surface area contributed by atoms with E-state index in [2.05, 4.69) is 22.4 Å². The van der Waals surface area contributed by atoms with Gasteiger partial charge in [0.1, 0.15) is 6.10 Å². The number of carboxylic acid groups (broad SMARTS) is 1.